The zero-order chi connectivity index (χ0) is 16.9. The Balaban J connectivity index is 1.55. The Kier molecular flexibility index (Phi) is 5.27. The summed E-state index contributed by atoms with van der Waals surface area (Å²) in [4.78, 5) is 6.95. The van der Waals surface area contributed by atoms with Crippen LogP contribution in [0.4, 0.5) is 0 Å². The summed E-state index contributed by atoms with van der Waals surface area (Å²) in [5.41, 5.74) is 2.28. The normalized spacial score (nSPS) is 12.5. The molecule has 0 spiro atoms. The van der Waals surface area contributed by atoms with Gasteiger partial charge in [0.25, 0.3) is 0 Å². The molecule has 0 saturated heterocycles. The molecule has 1 atom stereocenters. The first-order chi connectivity index (χ1) is 11.6. The van der Waals surface area contributed by atoms with Crippen molar-refractivity contribution < 1.29 is 4.74 Å². The summed E-state index contributed by atoms with van der Waals surface area (Å²) in [5, 5.41) is 7.35. The molecule has 24 heavy (non-hydrogen) atoms. The Morgan fingerprint density at radius 1 is 1.29 bits per heavy atom. The summed E-state index contributed by atoms with van der Waals surface area (Å²) in [6.45, 7) is 3.50. The van der Waals surface area contributed by atoms with Crippen LogP contribution in [0.3, 0.4) is 0 Å². The average molecular weight is 342 g/mol. The van der Waals surface area contributed by atoms with Gasteiger partial charge < -0.3 is 4.74 Å². The number of aryl methyl sites for hydroxylation is 1. The van der Waals surface area contributed by atoms with E-state index in [1.807, 2.05) is 48.3 Å². The Labute approximate surface area is 146 Å². The largest absolute Gasteiger partial charge is 0.486 e. The third kappa shape index (κ3) is 4.21. The highest BCUT2D eigenvalue weighted by atomic mass is 32.1. The molecule has 0 saturated carbocycles. The SMILES string of the molecule is CC(c1cnn(C)c1)N(C)Cc1csc(COc2ccccc2)n1. The predicted octanol–water partition coefficient (Wildman–Crippen LogP) is 3.65. The molecule has 2 heterocycles. The number of nitrogens with zero attached hydrogens (tertiary/aromatic N) is 4. The van der Waals surface area contributed by atoms with Gasteiger partial charge in [0.1, 0.15) is 17.4 Å². The van der Waals surface area contributed by atoms with E-state index in [1.165, 1.54) is 5.56 Å². The Hall–Kier alpha value is -2.18. The second-order valence-corrected chi connectivity index (χ2v) is 6.82. The maximum Gasteiger partial charge on any atom is 0.140 e. The number of para-hydroxylation sites is 1. The fourth-order valence-corrected chi connectivity index (χ4v) is 3.15. The van der Waals surface area contributed by atoms with Gasteiger partial charge in [0.05, 0.1) is 11.9 Å². The van der Waals surface area contributed by atoms with Gasteiger partial charge in [0.2, 0.25) is 0 Å². The zero-order valence-corrected chi connectivity index (χ0v) is 15.0. The molecule has 0 amide bonds. The molecule has 126 valence electrons. The van der Waals surface area contributed by atoms with Crippen LogP contribution >= 0.6 is 11.3 Å². The summed E-state index contributed by atoms with van der Waals surface area (Å²) in [6, 6.07) is 10.1. The van der Waals surface area contributed by atoms with E-state index in [9.17, 15) is 0 Å². The third-order valence-corrected chi connectivity index (χ3v) is 4.86. The first kappa shape index (κ1) is 16.7. The average Bonchev–Trinajstić information content (AvgIpc) is 3.22. The number of hydrogen-bond acceptors (Lipinski definition) is 5. The Bertz CT molecular complexity index is 768. The van der Waals surface area contributed by atoms with Crippen molar-refractivity contribution >= 4 is 11.3 Å². The minimum atomic E-state index is 0.296. The van der Waals surface area contributed by atoms with Crippen LogP contribution in [0, 0.1) is 0 Å². The van der Waals surface area contributed by atoms with Gasteiger partial charge in [-0.3, -0.25) is 9.58 Å². The second kappa shape index (κ2) is 7.59. The highest BCUT2D eigenvalue weighted by Gasteiger charge is 2.15. The highest BCUT2D eigenvalue weighted by molar-refractivity contribution is 7.09. The van der Waals surface area contributed by atoms with E-state index < -0.39 is 0 Å². The molecule has 0 fully saturated rings. The van der Waals surface area contributed by atoms with E-state index in [0.717, 1.165) is 23.0 Å². The van der Waals surface area contributed by atoms with Crippen LogP contribution < -0.4 is 4.74 Å². The van der Waals surface area contributed by atoms with Crippen molar-refractivity contribution in [3.63, 3.8) is 0 Å². The molecule has 1 aromatic carbocycles. The first-order valence-electron chi connectivity index (χ1n) is 7.91. The molecule has 0 aliphatic carbocycles. The monoisotopic (exact) mass is 342 g/mol. The van der Waals surface area contributed by atoms with Crippen LogP contribution in [0.15, 0.2) is 48.1 Å². The predicted molar refractivity (Wildman–Crippen MR) is 96.0 cm³/mol. The first-order valence-corrected chi connectivity index (χ1v) is 8.79. The van der Waals surface area contributed by atoms with Crippen LogP contribution in [0.1, 0.15) is 29.2 Å². The molecule has 0 bridgehead atoms. The van der Waals surface area contributed by atoms with Crippen molar-refractivity contribution in [3.8, 4) is 5.75 Å². The van der Waals surface area contributed by atoms with E-state index in [1.54, 1.807) is 11.3 Å². The van der Waals surface area contributed by atoms with Crippen molar-refractivity contribution in [1.82, 2.24) is 19.7 Å². The molecule has 3 rings (SSSR count). The number of hydrogen-bond donors (Lipinski definition) is 0. The number of rotatable bonds is 7. The molecular formula is C18H22N4OS. The van der Waals surface area contributed by atoms with Gasteiger partial charge in [-0.2, -0.15) is 5.10 Å². The molecule has 0 N–H and O–H groups in total. The summed E-state index contributed by atoms with van der Waals surface area (Å²) in [5.74, 6) is 0.872. The Morgan fingerprint density at radius 3 is 2.79 bits per heavy atom. The summed E-state index contributed by atoms with van der Waals surface area (Å²) in [6.07, 6.45) is 3.97. The van der Waals surface area contributed by atoms with E-state index in [0.29, 0.717) is 12.6 Å². The van der Waals surface area contributed by atoms with Crippen molar-refractivity contribution in [2.45, 2.75) is 26.1 Å². The molecule has 0 aliphatic rings. The molecule has 5 nitrogen and oxygen atoms in total. The van der Waals surface area contributed by atoms with Gasteiger partial charge in [-0.25, -0.2) is 4.98 Å². The topological polar surface area (TPSA) is 43.2 Å². The fraction of sp³-hybridized carbons (Fsp3) is 0.333. The molecule has 1 unspecified atom stereocenters. The van der Waals surface area contributed by atoms with Crippen molar-refractivity contribution in [3.05, 3.63) is 64.4 Å². The lowest BCUT2D eigenvalue weighted by molar-refractivity contribution is 0.249. The van der Waals surface area contributed by atoms with Crippen molar-refractivity contribution in [2.75, 3.05) is 7.05 Å². The lowest BCUT2D eigenvalue weighted by Crippen LogP contribution is -2.21. The van der Waals surface area contributed by atoms with Crippen molar-refractivity contribution in [1.29, 1.82) is 0 Å². The van der Waals surface area contributed by atoms with Crippen LogP contribution in [0.25, 0.3) is 0 Å². The fourth-order valence-electron chi connectivity index (χ4n) is 2.45. The van der Waals surface area contributed by atoms with Gasteiger partial charge >= 0.3 is 0 Å². The van der Waals surface area contributed by atoms with Crippen LogP contribution in [-0.2, 0) is 20.2 Å². The van der Waals surface area contributed by atoms with Gasteiger partial charge in [-0.05, 0) is 26.1 Å². The maximum absolute atomic E-state index is 5.75. The molecule has 2 aromatic heterocycles. The maximum atomic E-state index is 5.75. The van der Waals surface area contributed by atoms with E-state index in [4.69, 9.17) is 4.74 Å². The minimum absolute atomic E-state index is 0.296. The van der Waals surface area contributed by atoms with Gasteiger partial charge in [-0.1, -0.05) is 18.2 Å². The van der Waals surface area contributed by atoms with E-state index in [-0.39, 0.29) is 0 Å². The summed E-state index contributed by atoms with van der Waals surface area (Å²) < 4.78 is 7.59. The highest BCUT2D eigenvalue weighted by Crippen LogP contribution is 2.21. The quantitative estimate of drug-likeness (QED) is 0.657. The molecule has 3 aromatic rings. The van der Waals surface area contributed by atoms with Gasteiger partial charge in [0.15, 0.2) is 0 Å². The number of benzene rings is 1. The van der Waals surface area contributed by atoms with Gasteiger partial charge in [-0.15, -0.1) is 11.3 Å². The number of thiazole rings is 1. The molecule has 0 aliphatic heterocycles. The van der Waals surface area contributed by atoms with E-state index >= 15 is 0 Å². The van der Waals surface area contributed by atoms with Crippen LogP contribution in [0.2, 0.25) is 0 Å². The molecule has 0 radical (unpaired) electrons. The molecule has 6 heteroatoms. The summed E-state index contributed by atoms with van der Waals surface area (Å²) in [7, 11) is 4.05. The molecular weight excluding hydrogens is 320 g/mol. The van der Waals surface area contributed by atoms with E-state index in [2.05, 4.69) is 40.5 Å². The summed E-state index contributed by atoms with van der Waals surface area (Å²) >= 11 is 1.64. The van der Waals surface area contributed by atoms with Crippen LogP contribution in [0.5, 0.6) is 5.75 Å². The number of ether oxygens (including phenoxy) is 1. The second-order valence-electron chi connectivity index (χ2n) is 5.87. The van der Waals surface area contributed by atoms with Crippen LogP contribution in [-0.4, -0.2) is 26.7 Å². The van der Waals surface area contributed by atoms with Gasteiger partial charge in [0, 0.05) is 36.8 Å². The number of aromatic nitrogens is 3. The standard InChI is InChI=1S/C18H22N4OS/c1-14(15-9-19-22(3)10-15)21(2)11-16-13-24-18(20-16)12-23-17-7-5-4-6-8-17/h4-10,13-14H,11-12H2,1-3H3. The Morgan fingerprint density at radius 2 is 2.08 bits per heavy atom. The smallest absolute Gasteiger partial charge is 0.140 e. The minimum Gasteiger partial charge on any atom is -0.486 e. The van der Waals surface area contributed by atoms with Crippen molar-refractivity contribution in [2.24, 2.45) is 7.05 Å². The zero-order valence-electron chi connectivity index (χ0n) is 14.2. The lowest BCUT2D eigenvalue weighted by Gasteiger charge is -2.22. The third-order valence-electron chi connectivity index (χ3n) is 3.98. The lowest BCUT2D eigenvalue weighted by atomic mass is 10.1.